The number of anilines is 6. The summed E-state index contributed by atoms with van der Waals surface area (Å²) in [5.74, 6) is 0. The molecule has 0 N–H and O–H groups in total. The van der Waals surface area contributed by atoms with Crippen molar-refractivity contribution in [2.24, 2.45) is 0 Å². The molecule has 3 nitrogen and oxygen atoms in total. The third-order valence-electron chi connectivity index (χ3n) is 10.8. The Balaban J connectivity index is 0.953. The van der Waals surface area contributed by atoms with Gasteiger partial charge in [-0.25, -0.2) is 0 Å². The monoisotopic (exact) mass is 729 g/mol. The van der Waals surface area contributed by atoms with Crippen molar-refractivity contribution in [3.05, 3.63) is 237 Å². The Morgan fingerprint density at radius 1 is 0.246 bits per heavy atom. The van der Waals surface area contributed by atoms with Crippen molar-refractivity contribution in [1.29, 1.82) is 0 Å². The molecule has 0 unspecified atom stereocenters. The normalized spacial score (nSPS) is 11.2. The van der Waals surface area contributed by atoms with Crippen LogP contribution in [0.15, 0.2) is 237 Å². The van der Waals surface area contributed by atoms with Crippen molar-refractivity contribution in [2.45, 2.75) is 0 Å². The first kappa shape index (κ1) is 33.9. The molecular formula is C54H39N3. The van der Waals surface area contributed by atoms with Gasteiger partial charge in [-0.2, -0.15) is 0 Å². The van der Waals surface area contributed by atoms with Gasteiger partial charge in [0.25, 0.3) is 0 Å². The standard InChI is InChI=1S/C54H39N3/c1-5-15-44(16-6-1)55(45-17-7-2-8-18-45)48-32-25-40(26-33-48)41-27-34-49(35-28-41)56(46-19-9-3-10-20-46)50-36-29-42(30-37-50)43-31-38-54-52(39-43)51-23-13-14-24-53(51)57(54)47-21-11-4-12-22-47/h1-39H. The van der Waals surface area contributed by atoms with Gasteiger partial charge in [0.2, 0.25) is 0 Å². The fraction of sp³-hybridized carbons (Fsp3) is 0. The van der Waals surface area contributed by atoms with E-state index in [9.17, 15) is 0 Å². The van der Waals surface area contributed by atoms with E-state index >= 15 is 0 Å². The van der Waals surface area contributed by atoms with Crippen molar-refractivity contribution in [2.75, 3.05) is 9.80 Å². The second-order valence-electron chi connectivity index (χ2n) is 14.2. The summed E-state index contributed by atoms with van der Waals surface area (Å²) >= 11 is 0. The van der Waals surface area contributed by atoms with Gasteiger partial charge in [0, 0.05) is 50.6 Å². The van der Waals surface area contributed by atoms with E-state index in [1.54, 1.807) is 0 Å². The van der Waals surface area contributed by atoms with Crippen molar-refractivity contribution < 1.29 is 0 Å². The highest BCUT2D eigenvalue weighted by molar-refractivity contribution is 6.10. The molecule has 0 amide bonds. The smallest absolute Gasteiger partial charge is 0.0541 e. The minimum absolute atomic E-state index is 1.10. The van der Waals surface area contributed by atoms with Crippen LogP contribution in [0.3, 0.4) is 0 Å². The number of rotatable bonds is 9. The van der Waals surface area contributed by atoms with Gasteiger partial charge in [0.15, 0.2) is 0 Å². The highest BCUT2D eigenvalue weighted by Crippen LogP contribution is 2.40. The van der Waals surface area contributed by atoms with E-state index in [2.05, 4.69) is 251 Å². The highest BCUT2D eigenvalue weighted by Gasteiger charge is 2.16. The van der Waals surface area contributed by atoms with Gasteiger partial charge in [-0.15, -0.1) is 0 Å². The molecule has 0 atom stereocenters. The maximum atomic E-state index is 2.36. The average molecular weight is 730 g/mol. The molecule has 0 saturated carbocycles. The number of benzene rings is 9. The van der Waals surface area contributed by atoms with Gasteiger partial charge in [0.05, 0.1) is 11.0 Å². The number of hydrogen-bond donors (Lipinski definition) is 0. The molecule has 0 bridgehead atoms. The molecule has 0 radical (unpaired) electrons. The second kappa shape index (κ2) is 14.9. The zero-order chi connectivity index (χ0) is 38.0. The van der Waals surface area contributed by atoms with Crippen LogP contribution in [0, 0.1) is 0 Å². The molecule has 57 heavy (non-hydrogen) atoms. The van der Waals surface area contributed by atoms with Crippen LogP contribution < -0.4 is 9.80 Å². The first-order valence-corrected chi connectivity index (χ1v) is 19.4. The molecule has 270 valence electrons. The minimum atomic E-state index is 1.10. The van der Waals surface area contributed by atoms with E-state index in [0.717, 1.165) is 34.1 Å². The molecule has 10 rings (SSSR count). The fourth-order valence-electron chi connectivity index (χ4n) is 8.04. The number of aromatic nitrogens is 1. The van der Waals surface area contributed by atoms with Crippen LogP contribution >= 0.6 is 0 Å². The molecule has 0 aliphatic rings. The second-order valence-corrected chi connectivity index (χ2v) is 14.2. The maximum absolute atomic E-state index is 2.36. The van der Waals surface area contributed by atoms with Gasteiger partial charge in [-0.05, 0) is 125 Å². The lowest BCUT2D eigenvalue weighted by molar-refractivity contribution is 1.18. The zero-order valence-corrected chi connectivity index (χ0v) is 31.4. The number of nitrogens with zero attached hydrogens (tertiary/aromatic N) is 3. The van der Waals surface area contributed by atoms with E-state index in [0.29, 0.717) is 0 Å². The van der Waals surface area contributed by atoms with E-state index < -0.39 is 0 Å². The third-order valence-corrected chi connectivity index (χ3v) is 10.8. The van der Waals surface area contributed by atoms with Crippen molar-refractivity contribution in [3.8, 4) is 27.9 Å². The molecule has 0 aliphatic carbocycles. The van der Waals surface area contributed by atoms with Crippen LogP contribution in [0.5, 0.6) is 0 Å². The summed E-state index contributed by atoms with van der Waals surface area (Å²) in [6.07, 6.45) is 0. The molecule has 1 aromatic heterocycles. The molecule has 0 aliphatic heterocycles. The molecule has 10 aromatic rings. The minimum Gasteiger partial charge on any atom is -0.311 e. The summed E-state index contributed by atoms with van der Waals surface area (Å²) < 4.78 is 2.36. The first-order chi connectivity index (χ1) is 28.3. The van der Waals surface area contributed by atoms with Gasteiger partial charge < -0.3 is 14.4 Å². The Kier molecular flexibility index (Phi) is 8.86. The van der Waals surface area contributed by atoms with Crippen LogP contribution in [0.1, 0.15) is 0 Å². The van der Waals surface area contributed by atoms with Crippen LogP contribution in [-0.2, 0) is 0 Å². The number of hydrogen-bond acceptors (Lipinski definition) is 2. The van der Waals surface area contributed by atoms with Gasteiger partial charge in [-0.1, -0.05) is 133 Å². The van der Waals surface area contributed by atoms with E-state index in [1.165, 1.54) is 49.7 Å². The van der Waals surface area contributed by atoms with E-state index in [4.69, 9.17) is 0 Å². The zero-order valence-electron chi connectivity index (χ0n) is 31.4. The average Bonchev–Trinajstić information content (AvgIpc) is 3.62. The quantitative estimate of drug-likeness (QED) is 0.147. The van der Waals surface area contributed by atoms with Crippen LogP contribution in [0.25, 0.3) is 49.7 Å². The summed E-state index contributed by atoms with van der Waals surface area (Å²) in [7, 11) is 0. The largest absolute Gasteiger partial charge is 0.311 e. The fourth-order valence-corrected chi connectivity index (χ4v) is 8.04. The third kappa shape index (κ3) is 6.52. The summed E-state index contributed by atoms with van der Waals surface area (Å²) in [5, 5.41) is 2.51. The van der Waals surface area contributed by atoms with Crippen LogP contribution in [-0.4, -0.2) is 4.57 Å². The molecule has 0 saturated heterocycles. The Hall–Kier alpha value is -7.62. The molecule has 3 heteroatoms. The molecule has 9 aromatic carbocycles. The first-order valence-electron chi connectivity index (χ1n) is 19.4. The van der Waals surface area contributed by atoms with Crippen LogP contribution in [0.2, 0.25) is 0 Å². The Bertz CT molecular complexity index is 2860. The molecule has 0 spiro atoms. The van der Waals surface area contributed by atoms with Crippen molar-refractivity contribution >= 4 is 55.9 Å². The summed E-state index contributed by atoms with van der Waals surface area (Å²) in [4.78, 5) is 4.61. The summed E-state index contributed by atoms with van der Waals surface area (Å²) in [6, 6.07) is 84.5. The van der Waals surface area contributed by atoms with E-state index in [-0.39, 0.29) is 0 Å². The molecule has 1 heterocycles. The SMILES string of the molecule is c1ccc(N(c2ccccc2)c2ccc(-c3ccc(N(c4ccccc4)c4ccc(-c5ccc6c(c5)c5ccccc5n6-c5ccccc5)cc4)cc3)cc2)cc1. The van der Waals surface area contributed by atoms with Crippen molar-refractivity contribution in [3.63, 3.8) is 0 Å². The van der Waals surface area contributed by atoms with Crippen molar-refractivity contribution in [1.82, 2.24) is 4.57 Å². The lowest BCUT2D eigenvalue weighted by Crippen LogP contribution is -2.09. The summed E-state index contributed by atoms with van der Waals surface area (Å²) in [5.41, 5.74) is 15.0. The lowest BCUT2D eigenvalue weighted by Gasteiger charge is -2.26. The van der Waals surface area contributed by atoms with Gasteiger partial charge >= 0.3 is 0 Å². The Morgan fingerprint density at radius 2 is 0.579 bits per heavy atom. The van der Waals surface area contributed by atoms with E-state index in [1.807, 2.05) is 0 Å². The Labute approximate surface area is 333 Å². The lowest BCUT2D eigenvalue weighted by atomic mass is 10.0. The van der Waals surface area contributed by atoms with Gasteiger partial charge in [0.1, 0.15) is 0 Å². The number of fused-ring (bicyclic) bond motifs is 3. The molecule has 0 fully saturated rings. The summed E-state index contributed by atoms with van der Waals surface area (Å²) in [6.45, 7) is 0. The molecular weight excluding hydrogens is 691 g/mol. The van der Waals surface area contributed by atoms with Crippen LogP contribution in [0.4, 0.5) is 34.1 Å². The van der Waals surface area contributed by atoms with Gasteiger partial charge in [-0.3, -0.25) is 0 Å². The highest BCUT2D eigenvalue weighted by atomic mass is 15.1. The Morgan fingerprint density at radius 3 is 1.04 bits per heavy atom. The topological polar surface area (TPSA) is 11.4 Å². The predicted octanol–water partition coefficient (Wildman–Crippen LogP) is 15.1. The predicted molar refractivity (Wildman–Crippen MR) is 241 cm³/mol. The number of para-hydroxylation sites is 5. The maximum Gasteiger partial charge on any atom is 0.0541 e.